The fourth-order valence-corrected chi connectivity index (χ4v) is 4.58. The molecule has 7 heteroatoms. The van der Waals surface area contributed by atoms with Crippen LogP contribution in [0.2, 0.25) is 0 Å². The van der Waals surface area contributed by atoms with E-state index in [1.807, 2.05) is 54.7 Å². The number of nitrogens with one attached hydrogen (secondary N) is 1. The minimum absolute atomic E-state index is 0.0229. The Kier molecular flexibility index (Phi) is 4.52. The van der Waals surface area contributed by atoms with Crippen LogP contribution in [0, 0.1) is 0 Å². The van der Waals surface area contributed by atoms with Gasteiger partial charge in [-0.2, -0.15) is 9.78 Å². The lowest BCUT2D eigenvalue weighted by Crippen LogP contribution is -2.24. The second-order valence-electron chi connectivity index (χ2n) is 7.05. The van der Waals surface area contributed by atoms with Crippen molar-refractivity contribution in [1.29, 1.82) is 0 Å². The van der Waals surface area contributed by atoms with E-state index in [9.17, 15) is 4.79 Å². The van der Waals surface area contributed by atoms with Crippen LogP contribution >= 0.6 is 11.3 Å². The summed E-state index contributed by atoms with van der Waals surface area (Å²) in [6, 6.07) is 16.0. The van der Waals surface area contributed by atoms with Crippen molar-refractivity contribution in [3.05, 3.63) is 65.9 Å². The lowest BCUT2D eigenvalue weighted by atomic mass is 9.87. The molecular weight excluding hydrogens is 384 g/mol. The molecule has 5 rings (SSSR count). The molecule has 3 heterocycles. The van der Waals surface area contributed by atoms with Crippen LogP contribution in [0.5, 0.6) is 5.75 Å². The lowest BCUT2D eigenvalue weighted by Gasteiger charge is -2.23. The molecule has 6 nitrogen and oxygen atoms in total. The monoisotopic (exact) mass is 404 g/mol. The van der Waals surface area contributed by atoms with Crippen molar-refractivity contribution in [2.75, 3.05) is 11.9 Å². The molecule has 0 aliphatic carbocycles. The molecule has 2 aromatic heterocycles. The van der Waals surface area contributed by atoms with Crippen molar-refractivity contribution in [1.82, 2.24) is 14.8 Å². The van der Waals surface area contributed by atoms with Gasteiger partial charge in [-0.25, -0.2) is 4.98 Å². The number of para-hydroxylation sites is 1. The van der Waals surface area contributed by atoms with Crippen molar-refractivity contribution >= 4 is 33.3 Å². The summed E-state index contributed by atoms with van der Waals surface area (Å²) in [5.74, 6) is 1.44. The van der Waals surface area contributed by atoms with Crippen molar-refractivity contribution in [2.24, 2.45) is 0 Å². The molecule has 0 saturated carbocycles. The van der Waals surface area contributed by atoms with E-state index in [0.29, 0.717) is 18.8 Å². The molecule has 1 aliphatic heterocycles. The van der Waals surface area contributed by atoms with E-state index in [-0.39, 0.29) is 11.8 Å². The highest BCUT2D eigenvalue weighted by molar-refractivity contribution is 7.20. The molecule has 1 unspecified atom stereocenters. The molecule has 1 amide bonds. The zero-order chi connectivity index (χ0) is 19.8. The van der Waals surface area contributed by atoms with Crippen LogP contribution in [-0.4, -0.2) is 27.3 Å². The molecule has 0 saturated heterocycles. The molecule has 0 spiro atoms. The molecule has 1 atom stereocenters. The predicted octanol–water partition coefficient (Wildman–Crippen LogP) is 4.74. The van der Waals surface area contributed by atoms with Gasteiger partial charge in [-0.1, -0.05) is 42.5 Å². The summed E-state index contributed by atoms with van der Waals surface area (Å²) in [6.07, 6.45) is 3.18. The molecule has 0 fully saturated rings. The van der Waals surface area contributed by atoms with Crippen molar-refractivity contribution in [2.45, 2.75) is 25.7 Å². The summed E-state index contributed by atoms with van der Waals surface area (Å²) < 4.78 is 8.61. The average Bonchev–Trinajstić information content (AvgIpc) is 3.35. The highest BCUT2D eigenvalue weighted by Crippen LogP contribution is 2.39. The lowest BCUT2D eigenvalue weighted by molar-refractivity contribution is -0.116. The molecule has 2 aromatic carbocycles. The summed E-state index contributed by atoms with van der Waals surface area (Å²) in [6.45, 7) is 2.76. The Morgan fingerprint density at radius 1 is 1.24 bits per heavy atom. The maximum atomic E-state index is 12.5. The maximum Gasteiger partial charge on any atom is 0.226 e. The van der Waals surface area contributed by atoms with E-state index in [4.69, 9.17) is 4.74 Å². The third-order valence-electron chi connectivity index (χ3n) is 5.02. The summed E-state index contributed by atoms with van der Waals surface area (Å²) >= 11 is 1.56. The van der Waals surface area contributed by atoms with Crippen molar-refractivity contribution < 1.29 is 9.53 Å². The van der Waals surface area contributed by atoms with Gasteiger partial charge in [0.15, 0.2) is 0 Å². The normalized spacial score (nSPS) is 15.9. The van der Waals surface area contributed by atoms with Gasteiger partial charge in [0.25, 0.3) is 0 Å². The van der Waals surface area contributed by atoms with Gasteiger partial charge in [0.2, 0.25) is 11.0 Å². The van der Waals surface area contributed by atoms with Crippen LogP contribution in [0.3, 0.4) is 0 Å². The zero-order valence-corrected chi connectivity index (χ0v) is 16.8. The van der Waals surface area contributed by atoms with E-state index in [2.05, 4.69) is 22.3 Å². The van der Waals surface area contributed by atoms with E-state index in [0.717, 1.165) is 38.6 Å². The number of benzene rings is 2. The van der Waals surface area contributed by atoms with Gasteiger partial charge >= 0.3 is 0 Å². The smallest absolute Gasteiger partial charge is 0.226 e. The number of aromatic nitrogens is 3. The largest absolute Gasteiger partial charge is 0.494 e. The molecule has 0 radical (unpaired) electrons. The summed E-state index contributed by atoms with van der Waals surface area (Å²) in [5.41, 5.74) is 2.98. The molecule has 29 heavy (non-hydrogen) atoms. The molecule has 1 aliphatic rings. The number of carbonyl (C=O) groups excluding carboxylic acids is 1. The maximum absolute atomic E-state index is 12.5. The van der Waals surface area contributed by atoms with Crippen molar-refractivity contribution in [3.8, 4) is 10.9 Å². The second kappa shape index (κ2) is 7.33. The standard InChI is InChI=1S/C22H20N4O2S/c1-2-10-28-15-7-5-6-14(11-15)16-12-20(27)25-21-17(16)13-23-26(21)22-24-18-8-3-4-9-19(18)29-22/h3-9,11,13,16H,2,10,12H2,1H3,(H,25,27). The quantitative estimate of drug-likeness (QED) is 0.521. The van der Waals surface area contributed by atoms with Crippen LogP contribution in [0.1, 0.15) is 36.8 Å². The first-order valence-corrected chi connectivity index (χ1v) is 10.5. The summed E-state index contributed by atoms with van der Waals surface area (Å²) in [5, 5.41) is 8.30. The SMILES string of the molecule is CCCOc1cccc(C2CC(=O)Nc3c2cnn3-c2nc3ccccc3s2)c1. The molecule has 1 N–H and O–H groups in total. The first kappa shape index (κ1) is 17.9. The first-order chi connectivity index (χ1) is 14.2. The van der Waals surface area contributed by atoms with Crippen LogP contribution in [0.15, 0.2) is 54.7 Å². The highest BCUT2D eigenvalue weighted by Gasteiger charge is 2.31. The Morgan fingerprint density at radius 2 is 2.14 bits per heavy atom. The first-order valence-electron chi connectivity index (χ1n) is 9.69. The van der Waals surface area contributed by atoms with Gasteiger partial charge < -0.3 is 10.1 Å². The number of hydrogen-bond donors (Lipinski definition) is 1. The van der Waals surface area contributed by atoms with Crippen LogP contribution in [0.4, 0.5) is 5.82 Å². The van der Waals surface area contributed by atoms with Gasteiger partial charge in [-0.15, -0.1) is 0 Å². The number of rotatable bonds is 5. The van der Waals surface area contributed by atoms with E-state index >= 15 is 0 Å². The number of ether oxygens (including phenoxy) is 1. The average molecular weight is 404 g/mol. The van der Waals surface area contributed by atoms with E-state index in [1.54, 1.807) is 16.0 Å². The Labute approximate surface area is 172 Å². The molecule has 146 valence electrons. The van der Waals surface area contributed by atoms with Crippen molar-refractivity contribution in [3.63, 3.8) is 0 Å². The Morgan fingerprint density at radius 3 is 3.00 bits per heavy atom. The van der Waals surface area contributed by atoms with Gasteiger partial charge in [0.1, 0.15) is 11.6 Å². The van der Waals surface area contributed by atoms with Gasteiger partial charge in [-0.05, 0) is 36.2 Å². The highest BCUT2D eigenvalue weighted by atomic mass is 32.1. The Hall–Kier alpha value is -3.19. The molecular formula is C22H20N4O2S. The van der Waals surface area contributed by atoms with Crippen LogP contribution < -0.4 is 10.1 Å². The third kappa shape index (κ3) is 3.27. The molecule has 4 aromatic rings. The number of hydrogen-bond acceptors (Lipinski definition) is 5. The third-order valence-corrected chi connectivity index (χ3v) is 6.03. The van der Waals surface area contributed by atoms with E-state index < -0.39 is 0 Å². The Balaban J connectivity index is 1.55. The van der Waals surface area contributed by atoms with Crippen LogP contribution in [0.25, 0.3) is 15.3 Å². The number of thiazole rings is 1. The van der Waals surface area contributed by atoms with Crippen LogP contribution in [-0.2, 0) is 4.79 Å². The fraction of sp³-hybridized carbons (Fsp3) is 0.227. The molecule has 0 bridgehead atoms. The number of nitrogens with zero attached hydrogens (tertiary/aromatic N) is 3. The number of amides is 1. The fourth-order valence-electron chi connectivity index (χ4n) is 3.65. The minimum atomic E-state index is -0.0629. The number of fused-ring (bicyclic) bond motifs is 2. The van der Waals surface area contributed by atoms with E-state index in [1.165, 1.54) is 0 Å². The topological polar surface area (TPSA) is 69.0 Å². The van der Waals surface area contributed by atoms with Gasteiger partial charge in [0.05, 0.1) is 23.0 Å². The number of anilines is 1. The summed E-state index contributed by atoms with van der Waals surface area (Å²) in [7, 11) is 0. The Bertz CT molecular complexity index is 1160. The predicted molar refractivity (Wildman–Crippen MR) is 114 cm³/mol. The summed E-state index contributed by atoms with van der Waals surface area (Å²) in [4.78, 5) is 17.2. The minimum Gasteiger partial charge on any atom is -0.494 e. The number of carbonyl (C=O) groups is 1. The van der Waals surface area contributed by atoms with Gasteiger partial charge in [0, 0.05) is 17.9 Å². The second-order valence-corrected chi connectivity index (χ2v) is 8.06. The van der Waals surface area contributed by atoms with Gasteiger partial charge in [-0.3, -0.25) is 4.79 Å². The zero-order valence-electron chi connectivity index (χ0n) is 16.0.